The lowest BCUT2D eigenvalue weighted by Crippen LogP contribution is -2.20. The average molecular weight is 519 g/mol. The van der Waals surface area contributed by atoms with Gasteiger partial charge < -0.3 is 20.3 Å². The van der Waals surface area contributed by atoms with Crippen LogP contribution in [-0.4, -0.2) is 47.7 Å². The molecule has 0 unspecified atom stereocenters. The molecule has 1 aliphatic rings. The molecule has 3 N–H and O–H groups in total. The van der Waals surface area contributed by atoms with Gasteiger partial charge in [0.25, 0.3) is 11.8 Å². The predicted octanol–water partition coefficient (Wildman–Crippen LogP) is 5.20. The lowest BCUT2D eigenvalue weighted by atomic mass is 10.1. The third-order valence-electron chi connectivity index (χ3n) is 4.99. The highest BCUT2D eigenvalue weighted by Crippen LogP contribution is 2.34. The molecule has 4 rings (SSSR count). The van der Waals surface area contributed by atoms with Gasteiger partial charge in [-0.2, -0.15) is 0 Å². The topological polar surface area (TPSA) is 107 Å². The minimum Gasteiger partial charge on any atom is -0.494 e. The molecule has 11 heteroatoms. The second-order valence-electron chi connectivity index (χ2n) is 7.33. The quantitative estimate of drug-likeness (QED) is 0.236. The van der Waals surface area contributed by atoms with Crippen LogP contribution in [0, 0.1) is 5.41 Å². The fraction of sp³-hybridized carbons (Fsp3) is 0.130. The van der Waals surface area contributed by atoms with Crippen molar-refractivity contribution >= 4 is 64.0 Å². The van der Waals surface area contributed by atoms with Gasteiger partial charge in [-0.05, 0) is 30.3 Å². The summed E-state index contributed by atoms with van der Waals surface area (Å²) in [4.78, 5) is 32.0. The van der Waals surface area contributed by atoms with E-state index in [2.05, 4.69) is 15.6 Å². The van der Waals surface area contributed by atoms with Gasteiger partial charge in [0.15, 0.2) is 0 Å². The van der Waals surface area contributed by atoms with E-state index in [4.69, 9.17) is 44.9 Å². The SMILES string of the molecule is COc1cc(Cl)cc(C(=O)Nc2ccc(Cl)cn2)c1NC(=O)c1ccc(C(=N)N2CC2)cc1Cl. The number of benzene rings is 2. The van der Waals surface area contributed by atoms with Gasteiger partial charge in [-0.1, -0.05) is 40.9 Å². The van der Waals surface area contributed by atoms with Crippen molar-refractivity contribution in [1.29, 1.82) is 5.41 Å². The van der Waals surface area contributed by atoms with E-state index in [-0.39, 0.29) is 38.4 Å². The number of aromatic nitrogens is 1. The van der Waals surface area contributed by atoms with Crippen LogP contribution >= 0.6 is 34.8 Å². The highest BCUT2D eigenvalue weighted by molar-refractivity contribution is 6.35. The molecule has 174 valence electrons. The van der Waals surface area contributed by atoms with E-state index < -0.39 is 11.8 Å². The van der Waals surface area contributed by atoms with Gasteiger partial charge in [0.05, 0.1) is 34.0 Å². The van der Waals surface area contributed by atoms with Crippen LogP contribution in [0.2, 0.25) is 15.1 Å². The Labute approximate surface area is 210 Å². The van der Waals surface area contributed by atoms with Crippen molar-refractivity contribution in [2.24, 2.45) is 0 Å². The number of hydrogen-bond donors (Lipinski definition) is 3. The van der Waals surface area contributed by atoms with Crippen molar-refractivity contribution in [3.05, 3.63) is 80.4 Å². The molecule has 0 radical (unpaired) electrons. The van der Waals surface area contributed by atoms with Crippen molar-refractivity contribution in [1.82, 2.24) is 9.88 Å². The molecule has 3 aromatic rings. The summed E-state index contributed by atoms with van der Waals surface area (Å²) >= 11 is 18.4. The molecular weight excluding hydrogens is 501 g/mol. The number of amidine groups is 1. The molecule has 0 bridgehead atoms. The monoisotopic (exact) mass is 517 g/mol. The maximum Gasteiger partial charge on any atom is 0.259 e. The standard InChI is InChI=1S/C23H18Cl3N5O3/c1-34-18-10-14(25)9-16(23(33)29-19-5-3-13(24)11-28-19)20(18)30-22(32)15-4-2-12(8-17(15)26)21(27)31-6-7-31/h2-5,8-11,27H,6-7H2,1H3,(H,30,32)(H,28,29,33). The van der Waals surface area contributed by atoms with Gasteiger partial charge in [0.1, 0.15) is 17.4 Å². The maximum absolute atomic E-state index is 13.1. The molecule has 0 aliphatic carbocycles. The lowest BCUT2D eigenvalue weighted by molar-refractivity contribution is 0.102. The molecule has 2 aromatic carbocycles. The zero-order chi connectivity index (χ0) is 24.4. The normalized spacial score (nSPS) is 12.2. The van der Waals surface area contributed by atoms with Gasteiger partial charge in [0, 0.05) is 35.9 Å². The first-order valence-electron chi connectivity index (χ1n) is 10.0. The molecule has 1 saturated heterocycles. The zero-order valence-corrected chi connectivity index (χ0v) is 20.1. The Bertz CT molecular complexity index is 1290. The Balaban J connectivity index is 1.63. The first-order chi connectivity index (χ1) is 16.3. The molecule has 2 heterocycles. The van der Waals surface area contributed by atoms with E-state index in [0.29, 0.717) is 16.4 Å². The van der Waals surface area contributed by atoms with Crippen molar-refractivity contribution in [2.75, 3.05) is 30.8 Å². The van der Waals surface area contributed by atoms with E-state index in [9.17, 15) is 9.59 Å². The number of hydrogen-bond acceptors (Lipinski definition) is 5. The molecule has 1 fully saturated rings. The number of pyridine rings is 1. The van der Waals surface area contributed by atoms with Crippen molar-refractivity contribution < 1.29 is 14.3 Å². The van der Waals surface area contributed by atoms with E-state index in [1.807, 2.05) is 4.90 Å². The van der Waals surface area contributed by atoms with Crippen molar-refractivity contribution in [2.45, 2.75) is 0 Å². The fourth-order valence-corrected chi connectivity index (χ4v) is 3.75. The van der Waals surface area contributed by atoms with Crippen LogP contribution in [0.4, 0.5) is 11.5 Å². The Morgan fingerprint density at radius 2 is 1.71 bits per heavy atom. The second-order valence-corrected chi connectivity index (χ2v) is 8.61. The highest BCUT2D eigenvalue weighted by Gasteiger charge is 2.24. The molecular formula is C23H18Cl3N5O3. The number of nitrogens with zero attached hydrogens (tertiary/aromatic N) is 2. The van der Waals surface area contributed by atoms with Crippen LogP contribution in [0.25, 0.3) is 0 Å². The van der Waals surface area contributed by atoms with Gasteiger partial charge in [-0.3, -0.25) is 15.0 Å². The third-order valence-corrected chi connectivity index (χ3v) is 5.74. The van der Waals surface area contributed by atoms with Crippen molar-refractivity contribution in [3.63, 3.8) is 0 Å². The molecule has 2 amide bonds. The summed E-state index contributed by atoms with van der Waals surface area (Å²) in [6.45, 7) is 1.65. The number of halogens is 3. The number of ether oxygens (including phenoxy) is 1. The summed E-state index contributed by atoms with van der Waals surface area (Å²) in [5.41, 5.74) is 0.955. The molecule has 8 nitrogen and oxygen atoms in total. The number of carbonyl (C=O) groups is 2. The zero-order valence-electron chi connectivity index (χ0n) is 17.8. The van der Waals surface area contributed by atoms with Gasteiger partial charge in [-0.15, -0.1) is 0 Å². The lowest BCUT2D eigenvalue weighted by Gasteiger charge is -2.16. The molecule has 0 saturated carbocycles. The average Bonchev–Trinajstić information content (AvgIpc) is 3.66. The Hall–Kier alpha value is -3.33. The molecule has 1 aromatic heterocycles. The summed E-state index contributed by atoms with van der Waals surface area (Å²) in [5, 5.41) is 14.3. The van der Waals surface area contributed by atoms with E-state index >= 15 is 0 Å². The van der Waals surface area contributed by atoms with Crippen LogP contribution in [0.1, 0.15) is 26.3 Å². The molecule has 34 heavy (non-hydrogen) atoms. The number of anilines is 2. The maximum atomic E-state index is 13.1. The third kappa shape index (κ3) is 5.25. The highest BCUT2D eigenvalue weighted by atomic mass is 35.5. The first-order valence-corrected chi connectivity index (χ1v) is 11.2. The van der Waals surface area contributed by atoms with E-state index in [0.717, 1.165) is 13.1 Å². The minimum atomic E-state index is -0.570. The largest absolute Gasteiger partial charge is 0.494 e. The van der Waals surface area contributed by atoms with Crippen LogP contribution in [0.3, 0.4) is 0 Å². The van der Waals surface area contributed by atoms with E-state index in [1.165, 1.54) is 37.6 Å². The first kappa shape index (κ1) is 23.8. The summed E-state index contributed by atoms with van der Waals surface area (Å²) in [6, 6.07) is 10.8. The number of nitrogens with one attached hydrogen (secondary N) is 3. The summed E-state index contributed by atoms with van der Waals surface area (Å²) in [7, 11) is 1.39. The summed E-state index contributed by atoms with van der Waals surface area (Å²) < 4.78 is 5.35. The Kier molecular flexibility index (Phi) is 6.92. The van der Waals surface area contributed by atoms with Crippen molar-refractivity contribution in [3.8, 4) is 5.75 Å². The molecule has 1 aliphatic heterocycles. The summed E-state index contributed by atoms with van der Waals surface area (Å²) in [6.07, 6.45) is 1.39. The number of rotatable bonds is 6. The van der Waals surface area contributed by atoms with Crippen LogP contribution in [-0.2, 0) is 0 Å². The molecule has 0 atom stereocenters. The predicted molar refractivity (Wildman–Crippen MR) is 133 cm³/mol. The smallest absolute Gasteiger partial charge is 0.259 e. The van der Waals surface area contributed by atoms with Crippen LogP contribution in [0.15, 0.2) is 48.7 Å². The number of methoxy groups -OCH3 is 1. The van der Waals surface area contributed by atoms with Gasteiger partial charge in [0.2, 0.25) is 0 Å². The number of amides is 2. The van der Waals surface area contributed by atoms with Crippen LogP contribution in [0.5, 0.6) is 5.75 Å². The fourth-order valence-electron chi connectivity index (χ4n) is 3.17. The van der Waals surface area contributed by atoms with Gasteiger partial charge in [-0.25, -0.2) is 4.98 Å². The van der Waals surface area contributed by atoms with Crippen LogP contribution < -0.4 is 15.4 Å². The summed E-state index contributed by atoms with van der Waals surface area (Å²) in [5.74, 6) is -0.333. The van der Waals surface area contributed by atoms with Gasteiger partial charge >= 0.3 is 0 Å². The Morgan fingerprint density at radius 1 is 0.971 bits per heavy atom. The molecule has 0 spiro atoms. The second kappa shape index (κ2) is 9.89. The Morgan fingerprint density at radius 3 is 2.32 bits per heavy atom. The number of carbonyl (C=O) groups excluding carboxylic acids is 2. The van der Waals surface area contributed by atoms with E-state index in [1.54, 1.807) is 18.2 Å². The minimum absolute atomic E-state index is 0.0607.